The standard InChI is InChI=1S/C35H35N3O6/c1-37(2)25-7-4-6-24(18-25)35(41)38-16-14-22-19-26-9-11-28(22)33(38)23-8-13-31(42-3)32(20-23)43-17-5-15-36-34(40)29-21-27(44-26)10-12-30(29)39/h4,6-13,18-21,33,39H,5,14-17H2,1-3H3,(H,36,40). The van der Waals surface area contributed by atoms with Crippen LogP contribution in [0.1, 0.15) is 49.9 Å². The van der Waals surface area contributed by atoms with E-state index in [9.17, 15) is 14.7 Å². The normalized spacial score (nSPS) is 16.1. The lowest BCUT2D eigenvalue weighted by molar-refractivity contribution is 0.0694. The highest BCUT2D eigenvalue weighted by Gasteiger charge is 2.34. The average molecular weight is 594 g/mol. The molecular formula is C35H35N3O6. The van der Waals surface area contributed by atoms with Crippen LogP contribution >= 0.6 is 0 Å². The van der Waals surface area contributed by atoms with E-state index in [4.69, 9.17) is 14.2 Å². The number of benzene rings is 4. The predicted molar refractivity (Wildman–Crippen MR) is 167 cm³/mol. The van der Waals surface area contributed by atoms with Crippen molar-refractivity contribution >= 4 is 17.5 Å². The number of anilines is 1. The number of phenols is 1. The van der Waals surface area contributed by atoms with E-state index in [2.05, 4.69) is 5.32 Å². The van der Waals surface area contributed by atoms with Crippen molar-refractivity contribution in [3.63, 3.8) is 0 Å². The quantitative estimate of drug-likeness (QED) is 0.321. The topological polar surface area (TPSA) is 101 Å². The second kappa shape index (κ2) is 12.2. The van der Waals surface area contributed by atoms with Crippen LogP contribution in [-0.2, 0) is 6.42 Å². The van der Waals surface area contributed by atoms with Crippen molar-refractivity contribution in [2.75, 3.05) is 45.8 Å². The summed E-state index contributed by atoms with van der Waals surface area (Å²) in [5, 5.41) is 13.2. The molecule has 4 aromatic carbocycles. The van der Waals surface area contributed by atoms with E-state index in [1.807, 2.05) is 84.6 Å². The number of hydrogen-bond acceptors (Lipinski definition) is 7. The van der Waals surface area contributed by atoms with Gasteiger partial charge in [0.05, 0.1) is 25.3 Å². The smallest absolute Gasteiger partial charge is 0.255 e. The summed E-state index contributed by atoms with van der Waals surface area (Å²) in [6.07, 6.45) is 1.15. The molecular weight excluding hydrogens is 558 g/mol. The van der Waals surface area contributed by atoms with Crippen molar-refractivity contribution in [3.05, 3.63) is 107 Å². The highest BCUT2D eigenvalue weighted by Crippen LogP contribution is 2.41. The minimum Gasteiger partial charge on any atom is -0.507 e. The molecule has 0 radical (unpaired) electrons. The van der Waals surface area contributed by atoms with Crippen molar-refractivity contribution in [3.8, 4) is 28.7 Å². The van der Waals surface area contributed by atoms with E-state index >= 15 is 0 Å². The Bertz CT molecular complexity index is 1720. The molecule has 1 atom stereocenters. The molecule has 226 valence electrons. The predicted octanol–water partition coefficient (Wildman–Crippen LogP) is 5.56. The minimum absolute atomic E-state index is 0.0579. The first-order valence-electron chi connectivity index (χ1n) is 14.6. The average Bonchev–Trinajstić information content (AvgIpc) is 3.04. The summed E-state index contributed by atoms with van der Waals surface area (Å²) in [4.78, 5) is 30.9. The maximum absolute atomic E-state index is 14.2. The highest BCUT2D eigenvalue weighted by atomic mass is 16.5. The lowest BCUT2D eigenvalue weighted by Gasteiger charge is -2.38. The Kier molecular flexibility index (Phi) is 8.02. The molecule has 2 amide bonds. The molecule has 1 unspecified atom stereocenters. The van der Waals surface area contributed by atoms with Gasteiger partial charge in [0.15, 0.2) is 11.5 Å². The Morgan fingerprint density at radius 1 is 1.02 bits per heavy atom. The van der Waals surface area contributed by atoms with E-state index < -0.39 is 5.91 Å². The summed E-state index contributed by atoms with van der Waals surface area (Å²) in [6, 6.07) is 23.5. The zero-order valence-electron chi connectivity index (χ0n) is 25.0. The molecule has 9 nitrogen and oxygen atoms in total. The Balaban J connectivity index is 1.45. The molecule has 3 heterocycles. The molecule has 3 aliphatic heterocycles. The fourth-order valence-electron chi connectivity index (χ4n) is 5.75. The third kappa shape index (κ3) is 5.73. The first-order chi connectivity index (χ1) is 21.3. The molecule has 3 aliphatic rings. The van der Waals surface area contributed by atoms with Gasteiger partial charge in [-0.15, -0.1) is 0 Å². The van der Waals surface area contributed by atoms with Crippen molar-refractivity contribution in [2.45, 2.75) is 18.9 Å². The highest BCUT2D eigenvalue weighted by molar-refractivity contribution is 5.97. The Morgan fingerprint density at radius 3 is 2.66 bits per heavy atom. The lowest BCUT2D eigenvalue weighted by Crippen LogP contribution is -2.40. The first kappa shape index (κ1) is 28.9. The maximum Gasteiger partial charge on any atom is 0.255 e. The Hall–Kier alpha value is -5.18. The number of amides is 2. The summed E-state index contributed by atoms with van der Waals surface area (Å²) in [5.74, 6) is 1.57. The van der Waals surface area contributed by atoms with Gasteiger partial charge in [-0.05, 0) is 90.2 Å². The van der Waals surface area contributed by atoms with Crippen LogP contribution < -0.4 is 24.4 Å². The number of methoxy groups -OCH3 is 1. The van der Waals surface area contributed by atoms with Gasteiger partial charge in [-0.1, -0.05) is 18.2 Å². The summed E-state index contributed by atoms with van der Waals surface area (Å²) in [7, 11) is 5.50. The van der Waals surface area contributed by atoms with Gasteiger partial charge in [0.2, 0.25) is 0 Å². The largest absolute Gasteiger partial charge is 0.507 e. The van der Waals surface area contributed by atoms with Crippen LogP contribution in [0, 0.1) is 0 Å². The second-order valence-corrected chi connectivity index (χ2v) is 11.1. The number of phenolic OH excluding ortho intramolecular Hbond substituents is 1. The van der Waals surface area contributed by atoms with Crippen LogP contribution in [0.5, 0.6) is 28.7 Å². The van der Waals surface area contributed by atoms with Gasteiger partial charge in [-0.2, -0.15) is 0 Å². The third-order valence-corrected chi connectivity index (χ3v) is 8.03. The van der Waals surface area contributed by atoms with E-state index in [0.29, 0.717) is 61.1 Å². The van der Waals surface area contributed by atoms with Crippen LogP contribution in [0.15, 0.2) is 78.9 Å². The number of nitrogens with one attached hydrogen (secondary N) is 1. The molecule has 0 aliphatic carbocycles. The SMILES string of the molecule is COc1ccc2cc1OCCCNC(=O)c1cc(ccc1O)Oc1ccc3c(c1)CCN(C(=O)c1cccc(N(C)C)c1)C23. The van der Waals surface area contributed by atoms with Gasteiger partial charge in [0.1, 0.15) is 17.2 Å². The van der Waals surface area contributed by atoms with Gasteiger partial charge in [-0.3, -0.25) is 9.59 Å². The van der Waals surface area contributed by atoms with E-state index in [1.54, 1.807) is 13.2 Å². The van der Waals surface area contributed by atoms with Crippen molar-refractivity contribution in [1.82, 2.24) is 10.2 Å². The lowest BCUT2D eigenvalue weighted by atomic mass is 9.87. The van der Waals surface area contributed by atoms with Gasteiger partial charge in [-0.25, -0.2) is 0 Å². The molecule has 9 heteroatoms. The molecule has 7 rings (SSSR count). The van der Waals surface area contributed by atoms with Gasteiger partial charge in [0.25, 0.3) is 11.8 Å². The molecule has 0 fully saturated rings. The molecule has 2 N–H and O–H groups in total. The van der Waals surface area contributed by atoms with Crippen LogP contribution in [0.2, 0.25) is 0 Å². The minimum atomic E-state index is -0.400. The monoisotopic (exact) mass is 593 g/mol. The second-order valence-electron chi connectivity index (χ2n) is 11.1. The molecule has 0 saturated carbocycles. The molecule has 0 spiro atoms. The summed E-state index contributed by atoms with van der Waals surface area (Å²) in [6.45, 7) is 1.16. The molecule has 8 bridgehead atoms. The van der Waals surface area contributed by atoms with Crippen LogP contribution in [0.25, 0.3) is 0 Å². The number of fused-ring (bicyclic) bond motifs is 6. The summed E-state index contributed by atoms with van der Waals surface area (Å²) in [5.41, 5.74) is 4.63. The number of ether oxygens (including phenoxy) is 3. The van der Waals surface area contributed by atoms with Gasteiger partial charge < -0.3 is 34.4 Å². The molecule has 0 saturated heterocycles. The number of carbonyl (C=O) groups excluding carboxylic acids is 2. The maximum atomic E-state index is 14.2. The van der Waals surface area contributed by atoms with Crippen LogP contribution in [0.4, 0.5) is 5.69 Å². The van der Waals surface area contributed by atoms with Crippen LogP contribution in [-0.4, -0.2) is 62.7 Å². The Labute approximate surface area is 256 Å². The van der Waals surface area contributed by atoms with Crippen molar-refractivity contribution in [1.29, 1.82) is 0 Å². The fraction of sp³-hybridized carbons (Fsp3) is 0.257. The van der Waals surface area contributed by atoms with Crippen molar-refractivity contribution < 1.29 is 28.9 Å². The number of nitrogens with zero attached hydrogens (tertiary/aromatic N) is 2. The van der Waals surface area contributed by atoms with Crippen molar-refractivity contribution in [2.24, 2.45) is 0 Å². The fourth-order valence-corrected chi connectivity index (χ4v) is 5.75. The van der Waals surface area contributed by atoms with Gasteiger partial charge >= 0.3 is 0 Å². The number of aromatic hydroxyl groups is 1. The number of hydrogen-bond donors (Lipinski definition) is 2. The zero-order chi connectivity index (χ0) is 30.8. The van der Waals surface area contributed by atoms with E-state index in [1.165, 1.54) is 12.1 Å². The molecule has 44 heavy (non-hydrogen) atoms. The first-order valence-corrected chi connectivity index (χ1v) is 14.6. The summed E-state index contributed by atoms with van der Waals surface area (Å²) < 4.78 is 17.9. The third-order valence-electron chi connectivity index (χ3n) is 8.03. The summed E-state index contributed by atoms with van der Waals surface area (Å²) >= 11 is 0. The molecule has 0 aromatic heterocycles. The van der Waals surface area contributed by atoms with E-state index in [-0.39, 0.29) is 23.3 Å². The van der Waals surface area contributed by atoms with Crippen LogP contribution in [0.3, 0.4) is 0 Å². The number of rotatable bonds is 3. The zero-order valence-corrected chi connectivity index (χ0v) is 25.0. The van der Waals surface area contributed by atoms with Gasteiger partial charge in [0, 0.05) is 38.4 Å². The Morgan fingerprint density at radius 2 is 1.84 bits per heavy atom. The molecule has 4 aromatic rings. The number of carbonyl (C=O) groups is 2. The van der Waals surface area contributed by atoms with E-state index in [0.717, 1.165) is 22.4 Å².